The van der Waals surface area contributed by atoms with E-state index in [2.05, 4.69) is 64.8 Å². The molecule has 1 N–H and O–H groups in total. The van der Waals surface area contributed by atoms with Gasteiger partial charge in [-0.3, -0.25) is 4.90 Å². The first-order valence-electron chi connectivity index (χ1n) is 7.98. The second kappa shape index (κ2) is 5.63. The van der Waals surface area contributed by atoms with E-state index >= 15 is 0 Å². The highest BCUT2D eigenvalue weighted by Gasteiger charge is 2.27. The summed E-state index contributed by atoms with van der Waals surface area (Å²) < 4.78 is 0. The Morgan fingerprint density at radius 3 is 2.81 bits per heavy atom. The van der Waals surface area contributed by atoms with Crippen LogP contribution in [0.5, 0.6) is 0 Å². The van der Waals surface area contributed by atoms with Crippen LogP contribution < -0.4 is 5.32 Å². The monoisotopic (exact) mass is 278 g/mol. The number of hydrogen-bond donors (Lipinski definition) is 1. The zero-order valence-electron chi connectivity index (χ0n) is 12.3. The molecule has 2 nitrogen and oxygen atoms in total. The van der Waals surface area contributed by atoms with E-state index in [0.29, 0.717) is 12.1 Å². The molecule has 1 unspecified atom stereocenters. The van der Waals surface area contributed by atoms with Crippen LogP contribution in [-0.2, 0) is 6.54 Å². The molecule has 2 bridgehead atoms. The molecule has 2 aromatic rings. The van der Waals surface area contributed by atoms with Crippen LogP contribution in [0.4, 0.5) is 0 Å². The number of nitrogens with one attached hydrogen (secondary N) is 1. The normalized spacial score (nSPS) is 27.4. The van der Waals surface area contributed by atoms with Gasteiger partial charge in [0.25, 0.3) is 0 Å². The van der Waals surface area contributed by atoms with Gasteiger partial charge in [-0.05, 0) is 35.2 Å². The van der Waals surface area contributed by atoms with Crippen LogP contribution in [0, 0.1) is 0 Å². The third kappa shape index (κ3) is 2.74. The molecule has 108 valence electrons. The van der Waals surface area contributed by atoms with Gasteiger partial charge in [0.2, 0.25) is 0 Å². The average molecular weight is 278 g/mol. The fourth-order valence-corrected chi connectivity index (χ4v) is 3.60. The van der Waals surface area contributed by atoms with Crippen molar-refractivity contribution in [2.45, 2.75) is 31.5 Å². The number of piperazine rings is 1. The van der Waals surface area contributed by atoms with Crippen molar-refractivity contribution in [2.75, 3.05) is 13.1 Å². The zero-order chi connectivity index (χ0) is 14.1. The molecule has 0 aromatic heterocycles. The minimum atomic E-state index is 0.623. The number of fused-ring (bicyclic) bond motifs is 5. The van der Waals surface area contributed by atoms with Crippen LogP contribution in [0.25, 0.3) is 10.8 Å². The standard InChI is InChI=1S/C19H22N2/c1-2-6-17-11-15(9-10-16(17)5-1)13-21-14-18-7-3-4-8-19(21)12-20-18/h1-6,9-11,18-20H,7-8,12-14H2/b4-3-/t18?,19-/m0/s1. The Morgan fingerprint density at radius 2 is 1.86 bits per heavy atom. The van der Waals surface area contributed by atoms with E-state index in [1.807, 2.05) is 0 Å². The molecule has 2 atom stereocenters. The molecule has 0 saturated carbocycles. The maximum absolute atomic E-state index is 3.67. The summed E-state index contributed by atoms with van der Waals surface area (Å²) in [5.74, 6) is 0. The summed E-state index contributed by atoms with van der Waals surface area (Å²) in [5, 5.41) is 6.36. The highest BCUT2D eigenvalue weighted by molar-refractivity contribution is 5.82. The first kappa shape index (κ1) is 13.1. The smallest absolute Gasteiger partial charge is 0.0259 e. The minimum absolute atomic E-state index is 0.623. The maximum Gasteiger partial charge on any atom is 0.0259 e. The van der Waals surface area contributed by atoms with Crippen molar-refractivity contribution in [3.05, 3.63) is 60.2 Å². The van der Waals surface area contributed by atoms with Gasteiger partial charge in [-0.2, -0.15) is 0 Å². The third-order valence-corrected chi connectivity index (χ3v) is 4.81. The van der Waals surface area contributed by atoms with Crippen LogP contribution in [0.3, 0.4) is 0 Å². The Bertz CT molecular complexity index is 661. The van der Waals surface area contributed by atoms with Gasteiger partial charge in [-0.15, -0.1) is 0 Å². The summed E-state index contributed by atoms with van der Waals surface area (Å²) in [6, 6.07) is 16.8. The van der Waals surface area contributed by atoms with Gasteiger partial charge in [0.15, 0.2) is 0 Å². The molecular weight excluding hydrogens is 256 g/mol. The molecule has 3 aliphatic rings. The number of benzene rings is 2. The molecule has 3 aliphatic heterocycles. The van der Waals surface area contributed by atoms with Crippen LogP contribution in [0.1, 0.15) is 18.4 Å². The van der Waals surface area contributed by atoms with E-state index in [-0.39, 0.29) is 0 Å². The summed E-state index contributed by atoms with van der Waals surface area (Å²) in [6.07, 6.45) is 7.05. The van der Waals surface area contributed by atoms with Crippen LogP contribution >= 0.6 is 0 Å². The highest BCUT2D eigenvalue weighted by Crippen LogP contribution is 2.21. The Morgan fingerprint density at radius 1 is 1.00 bits per heavy atom. The number of nitrogens with zero attached hydrogens (tertiary/aromatic N) is 1. The first-order valence-corrected chi connectivity index (χ1v) is 7.98. The molecule has 0 spiro atoms. The van der Waals surface area contributed by atoms with Crippen molar-refractivity contribution < 1.29 is 0 Å². The molecular formula is C19H22N2. The fourth-order valence-electron chi connectivity index (χ4n) is 3.60. The lowest BCUT2D eigenvalue weighted by atomic mass is 9.98. The van der Waals surface area contributed by atoms with Crippen molar-refractivity contribution in [1.29, 1.82) is 0 Å². The van der Waals surface area contributed by atoms with E-state index in [1.165, 1.54) is 35.7 Å². The quantitative estimate of drug-likeness (QED) is 0.848. The molecule has 0 amide bonds. The Kier molecular flexibility index (Phi) is 3.50. The van der Waals surface area contributed by atoms with E-state index in [1.54, 1.807) is 0 Å². The molecule has 2 heteroatoms. The summed E-state index contributed by atoms with van der Waals surface area (Å²) in [6.45, 7) is 3.37. The summed E-state index contributed by atoms with van der Waals surface area (Å²) >= 11 is 0. The van der Waals surface area contributed by atoms with E-state index in [9.17, 15) is 0 Å². The lowest BCUT2D eigenvalue weighted by Gasteiger charge is -2.41. The largest absolute Gasteiger partial charge is 0.311 e. The van der Waals surface area contributed by atoms with E-state index < -0.39 is 0 Å². The maximum atomic E-state index is 3.67. The van der Waals surface area contributed by atoms with Gasteiger partial charge >= 0.3 is 0 Å². The van der Waals surface area contributed by atoms with Gasteiger partial charge in [0.1, 0.15) is 0 Å². The van der Waals surface area contributed by atoms with Gasteiger partial charge < -0.3 is 5.32 Å². The second-order valence-corrected chi connectivity index (χ2v) is 6.31. The van der Waals surface area contributed by atoms with Gasteiger partial charge in [-0.1, -0.05) is 48.6 Å². The van der Waals surface area contributed by atoms with Crippen LogP contribution in [0.2, 0.25) is 0 Å². The SMILES string of the molecule is C1=C\C[C@H]2CNC(C/1)CN2Cc1ccc2ccccc2c1. The highest BCUT2D eigenvalue weighted by atomic mass is 15.2. The van der Waals surface area contributed by atoms with E-state index in [0.717, 1.165) is 13.1 Å². The third-order valence-electron chi connectivity index (χ3n) is 4.81. The van der Waals surface area contributed by atoms with E-state index in [4.69, 9.17) is 0 Å². The minimum Gasteiger partial charge on any atom is -0.311 e. The van der Waals surface area contributed by atoms with Gasteiger partial charge in [-0.25, -0.2) is 0 Å². The molecule has 21 heavy (non-hydrogen) atoms. The van der Waals surface area contributed by atoms with Crippen LogP contribution in [-0.4, -0.2) is 30.1 Å². The molecule has 1 fully saturated rings. The Balaban J connectivity index is 1.57. The number of rotatable bonds is 2. The first-order chi connectivity index (χ1) is 10.4. The van der Waals surface area contributed by atoms with Crippen molar-refractivity contribution in [2.24, 2.45) is 0 Å². The Labute approximate surface area is 126 Å². The van der Waals surface area contributed by atoms with Gasteiger partial charge in [0.05, 0.1) is 0 Å². The molecule has 2 aromatic carbocycles. The van der Waals surface area contributed by atoms with Crippen molar-refractivity contribution in [3.63, 3.8) is 0 Å². The lowest BCUT2D eigenvalue weighted by molar-refractivity contribution is 0.120. The van der Waals surface area contributed by atoms with Crippen LogP contribution in [0.15, 0.2) is 54.6 Å². The predicted molar refractivity (Wildman–Crippen MR) is 88.3 cm³/mol. The molecule has 5 rings (SSSR count). The van der Waals surface area contributed by atoms with Crippen molar-refractivity contribution in [1.82, 2.24) is 10.2 Å². The summed E-state index contributed by atoms with van der Waals surface area (Å²) in [4.78, 5) is 2.66. The lowest BCUT2D eigenvalue weighted by Crippen LogP contribution is -2.56. The molecule has 0 aliphatic carbocycles. The molecule has 0 radical (unpaired) electrons. The second-order valence-electron chi connectivity index (χ2n) is 6.31. The molecule has 3 heterocycles. The predicted octanol–water partition coefficient (Wildman–Crippen LogP) is 3.33. The van der Waals surface area contributed by atoms with Crippen molar-refractivity contribution in [3.8, 4) is 0 Å². The number of hydrogen-bond acceptors (Lipinski definition) is 2. The molecule has 1 saturated heterocycles. The summed E-state index contributed by atoms with van der Waals surface area (Å²) in [7, 11) is 0. The fraction of sp³-hybridized carbons (Fsp3) is 0.368. The van der Waals surface area contributed by atoms with Gasteiger partial charge in [0, 0.05) is 31.7 Å². The van der Waals surface area contributed by atoms with Crippen molar-refractivity contribution >= 4 is 10.8 Å². The average Bonchev–Trinajstić information content (AvgIpc) is 2.48. The topological polar surface area (TPSA) is 15.3 Å². The summed E-state index contributed by atoms with van der Waals surface area (Å²) in [5.41, 5.74) is 1.43. The zero-order valence-corrected chi connectivity index (χ0v) is 12.3. The Hall–Kier alpha value is -1.64.